The van der Waals surface area contributed by atoms with Gasteiger partial charge in [0.2, 0.25) is 17.7 Å². The van der Waals surface area contributed by atoms with Gasteiger partial charge in [0.1, 0.15) is 18.0 Å². The van der Waals surface area contributed by atoms with Crippen LogP contribution < -0.4 is 11.1 Å². The van der Waals surface area contributed by atoms with Crippen molar-refractivity contribution in [2.75, 3.05) is 6.54 Å². The highest BCUT2D eigenvalue weighted by molar-refractivity contribution is 6.11. The number of rotatable bonds is 2. The molecule has 3 amide bonds. The number of amidine groups is 1. The van der Waals surface area contributed by atoms with Gasteiger partial charge >= 0.3 is 0 Å². The van der Waals surface area contributed by atoms with Crippen LogP contribution in [0.15, 0.2) is 5.16 Å². The van der Waals surface area contributed by atoms with Gasteiger partial charge in [-0.3, -0.25) is 19.7 Å². The first kappa shape index (κ1) is 14.3. The van der Waals surface area contributed by atoms with Crippen molar-refractivity contribution in [2.24, 2.45) is 16.3 Å². The van der Waals surface area contributed by atoms with E-state index in [1.165, 1.54) is 4.90 Å². The molecule has 1 aliphatic carbocycles. The lowest BCUT2D eigenvalue weighted by Gasteiger charge is -2.38. The number of nitrogens with one attached hydrogen (secondary N) is 1. The van der Waals surface area contributed by atoms with Gasteiger partial charge < -0.3 is 15.8 Å². The molecule has 1 aliphatic heterocycles. The van der Waals surface area contributed by atoms with E-state index in [1.807, 2.05) is 0 Å². The highest BCUT2D eigenvalue weighted by Gasteiger charge is 2.50. The average Bonchev–Trinajstić information content (AvgIpc) is 2.91. The van der Waals surface area contributed by atoms with Gasteiger partial charge in [-0.25, -0.2) is 0 Å². The van der Waals surface area contributed by atoms with E-state index >= 15 is 0 Å². The first-order valence-corrected chi connectivity index (χ1v) is 6.55. The van der Waals surface area contributed by atoms with Crippen molar-refractivity contribution >= 4 is 23.6 Å². The molecule has 0 bridgehead atoms. The van der Waals surface area contributed by atoms with Crippen LogP contribution in [0.25, 0.3) is 0 Å². The monoisotopic (exact) mass is 282 g/mol. The van der Waals surface area contributed by atoms with E-state index in [0.29, 0.717) is 12.8 Å². The fourth-order valence-corrected chi connectivity index (χ4v) is 2.89. The number of imide groups is 1. The molecule has 0 aromatic carbocycles. The quantitative estimate of drug-likeness (QED) is 0.200. The highest BCUT2D eigenvalue weighted by Crippen LogP contribution is 2.40. The molecule has 8 nitrogen and oxygen atoms in total. The van der Waals surface area contributed by atoms with Gasteiger partial charge in [0.05, 0.1) is 0 Å². The number of carbonyl (C=O) groups excluding carboxylic acids is 3. The number of nitrogens with zero attached hydrogens (tertiary/aromatic N) is 2. The van der Waals surface area contributed by atoms with E-state index in [-0.39, 0.29) is 12.4 Å². The molecular weight excluding hydrogens is 264 g/mol. The van der Waals surface area contributed by atoms with Gasteiger partial charge in [0, 0.05) is 0 Å². The first-order valence-electron chi connectivity index (χ1n) is 6.55. The second kappa shape index (κ2) is 5.10. The summed E-state index contributed by atoms with van der Waals surface area (Å²) in [6.45, 7) is 1.36. The number of carbonyl (C=O) groups is 3. The second-order valence-corrected chi connectivity index (χ2v) is 5.30. The number of nitrogens with two attached hydrogens (primary N) is 1. The Labute approximate surface area is 116 Å². The Morgan fingerprint density at radius 2 is 2.05 bits per heavy atom. The molecular formula is C12H18N4O4. The van der Waals surface area contributed by atoms with Crippen molar-refractivity contribution in [1.29, 1.82) is 0 Å². The molecule has 0 aromatic heterocycles. The average molecular weight is 282 g/mol. The molecule has 20 heavy (non-hydrogen) atoms. The van der Waals surface area contributed by atoms with Crippen LogP contribution in [-0.2, 0) is 14.4 Å². The van der Waals surface area contributed by atoms with Gasteiger partial charge in [0.15, 0.2) is 5.84 Å². The Bertz CT molecular complexity index is 482. The molecule has 2 aliphatic rings. The predicted molar refractivity (Wildman–Crippen MR) is 68.6 cm³/mol. The highest BCUT2D eigenvalue weighted by atomic mass is 16.4. The standard InChI is InChI=1S/C12H18N4O4/c1-7-9(18)14-8(17)6-16(7)11(19)12(10(13)15-20)4-2-3-5-12/h7,20H,2-6H2,1H3,(H2,13,15)(H,14,17,18). The summed E-state index contributed by atoms with van der Waals surface area (Å²) in [7, 11) is 0. The van der Waals surface area contributed by atoms with Crippen molar-refractivity contribution in [3.8, 4) is 0 Å². The Kier molecular flexibility index (Phi) is 3.65. The van der Waals surface area contributed by atoms with Crippen LogP contribution in [-0.4, -0.2) is 46.3 Å². The SMILES string of the molecule is CC1C(=O)NC(=O)CN1C(=O)C1(C(N)=NO)CCCC1. The van der Waals surface area contributed by atoms with Crippen LogP contribution in [0.5, 0.6) is 0 Å². The van der Waals surface area contributed by atoms with E-state index < -0.39 is 29.2 Å². The Morgan fingerprint density at radius 3 is 2.60 bits per heavy atom. The molecule has 1 saturated heterocycles. The van der Waals surface area contributed by atoms with Crippen molar-refractivity contribution < 1.29 is 19.6 Å². The van der Waals surface area contributed by atoms with Gasteiger partial charge in [-0.2, -0.15) is 0 Å². The van der Waals surface area contributed by atoms with Crippen molar-refractivity contribution in [3.05, 3.63) is 0 Å². The zero-order chi connectivity index (χ0) is 14.9. The lowest BCUT2D eigenvalue weighted by Crippen LogP contribution is -2.62. The van der Waals surface area contributed by atoms with Gasteiger partial charge in [-0.05, 0) is 19.8 Å². The summed E-state index contributed by atoms with van der Waals surface area (Å²) in [5, 5.41) is 14.1. The Morgan fingerprint density at radius 1 is 1.45 bits per heavy atom. The van der Waals surface area contributed by atoms with Crippen molar-refractivity contribution in [2.45, 2.75) is 38.6 Å². The fraction of sp³-hybridized carbons (Fsp3) is 0.667. The molecule has 4 N–H and O–H groups in total. The number of hydrogen-bond donors (Lipinski definition) is 3. The maximum absolute atomic E-state index is 12.7. The molecule has 0 spiro atoms. The molecule has 1 unspecified atom stereocenters. The third-order valence-electron chi connectivity index (χ3n) is 4.15. The summed E-state index contributed by atoms with van der Waals surface area (Å²) < 4.78 is 0. The van der Waals surface area contributed by atoms with E-state index in [4.69, 9.17) is 10.9 Å². The minimum absolute atomic E-state index is 0.148. The molecule has 2 rings (SSSR count). The van der Waals surface area contributed by atoms with Gasteiger partial charge in [-0.1, -0.05) is 18.0 Å². The molecule has 2 fully saturated rings. The third kappa shape index (κ3) is 2.10. The minimum atomic E-state index is -1.10. The van der Waals surface area contributed by atoms with E-state index in [1.54, 1.807) is 6.92 Å². The first-order chi connectivity index (χ1) is 9.42. The van der Waals surface area contributed by atoms with Crippen molar-refractivity contribution in [1.82, 2.24) is 10.2 Å². The van der Waals surface area contributed by atoms with E-state index in [9.17, 15) is 14.4 Å². The van der Waals surface area contributed by atoms with Crippen LogP contribution in [0.3, 0.4) is 0 Å². The number of oxime groups is 1. The number of piperazine rings is 1. The molecule has 1 heterocycles. The lowest BCUT2D eigenvalue weighted by atomic mass is 9.82. The summed E-state index contributed by atoms with van der Waals surface area (Å²) in [4.78, 5) is 37.1. The topological polar surface area (TPSA) is 125 Å². The van der Waals surface area contributed by atoms with Crippen molar-refractivity contribution in [3.63, 3.8) is 0 Å². The second-order valence-electron chi connectivity index (χ2n) is 5.30. The maximum atomic E-state index is 12.7. The predicted octanol–water partition coefficient (Wildman–Crippen LogP) is -0.833. The lowest BCUT2D eigenvalue weighted by molar-refractivity contribution is -0.153. The zero-order valence-corrected chi connectivity index (χ0v) is 11.3. The Balaban J connectivity index is 2.32. The summed E-state index contributed by atoms with van der Waals surface area (Å²) in [6.07, 6.45) is 2.48. The smallest absolute Gasteiger partial charge is 0.249 e. The summed E-state index contributed by atoms with van der Waals surface area (Å²) in [5.74, 6) is -1.59. The summed E-state index contributed by atoms with van der Waals surface area (Å²) in [5.41, 5.74) is 4.61. The molecule has 0 radical (unpaired) electrons. The molecule has 1 atom stereocenters. The number of amides is 3. The zero-order valence-electron chi connectivity index (χ0n) is 11.3. The summed E-state index contributed by atoms with van der Waals surface area (Å²) in [6, 6.07) is -0.746. The maximum Gasteiger partial charge on any atom is 0.249 e. The molecule has 0 aromatic rings. The third-order valence-corrected chi connectivity index (χ3v) is 4.15. The molecule has 110 valence electrons. The molecule has 1 saturated carbocycles. The van der Waals surface area contributed by atoms with Crippen LogP contribution in [0.2, 0.25) is 0 Å². The summed E-state index contributed by atoms with van der Waals surface area (Å²) >= 11 is 0. The Hall–Kier alpha value is -2.12. The van der Waals surface area contributed by atoms with Crippen LogP contribution in [0, 0.1) is 5.41 Å². The van der Waals surface area contributed by atoms with E-state index in [2.05, 4.69) is 10.5 Å². The van der Waals surface area contributed by atoms with Crippen LogP contribution >= 0.6 is 0 Å². The van der Waals surface area contributed by atoms with Crippen LogP contribution in [0.1, 0.15) is 32.6 Å². The fourth-order valence-electron chi connectivity index (χ4n) is 2.89. The molecule has 8 heteroatoms. The van der Waals surface area contributed by atoms with Gasteiger partial charge in [0.25, 0.3) is 0 Å². The van der Waals surface area contributed by atoms with E-state index in [0.717, 1.165) is 12.8 Å². The van der Waals surface area contributed by atoms with Crippen LogP contribution in [0.4, 0.5) is 0 Å². The largest absolute Gasteiger partial charge is 0.409 e. The number of hydrogen-bond acceptors (Lipinski definition) is 5. The minimum Gasteiger partial charge on any atom is -0.409 e. The van der Waals surface area contributed by atoms with Gasteiger partial charge in [-0.15, -0.1) is 0 Å². The normalized spacial score (nSPS) is 26.6.